The Morgan fingerprint density at radius 3 is 2.63 bits per heavy atom. The Kier molecular flexibility index (Phi) is 5.60. The van der Waals surface area contributed by atoms with Crippen LogP contribution in [-0.2, 0) is 16.0 Å². The highest BCUT2D eigenvalue weighted by Gasteiger charge is 2.50. The van der Waals surface area contributed by atoms with E-state index in [-0.39, 0.29) is 37.2 Å². The number of likely N-dealkylation sites (tertiary alicyclic amines) is 1. The second-order valence-corrected chi connectivity index (χ2v) is 11.6. The van der Waals surface area contributed by atoms with Gasteiger partial charge in [-0.05, 0) is 48.2 Å². The number of H-pyrrole nitrogens is 1. The van der Waals surface area contributed by atoms with Gasteiger partial charge in [-0.1, -0.05) is 54.6 Å². The van der Waals surface area contributed by atoms with Gasteiger partial charge in [-0.25, -0.2) is 0 Å². The summed E-state index contributed by atoms with van der Waals surface area (Å²) in [7, 11) is 0. The number of para-hydroxylation sites is 1. The van der Waals surface area contributed by atoms with Gasteiger partial charge < -0.3 is 24.3 Å². The third kappa shape index (κ3) is 3.84. The monoisotopic (exact) mass is 548 g/mol. The summed E-state index contributed by atoms with van der Waals surface area (Å²) >= 11 is 0. The Labute approximate surface area is 238 Å². The molecule has 8 nitrogen and oxygen atoms in total. The third-order valence-corrected chi connectivity index (χ3v) is 9.47. The second kappa shape index (κ2) is 9.38. The fourth-order valence-electron chi connectivity index (χ4n) is 7.34. The van der Waals surface area contributed by atoms with Crippen molar-refractivity contribution in [2.24, 2.45) is 0 Å². The van der Waals surface area contributed by atoms with Crippen molar-refractivity contribution in [2.45, 2.75) is 43.9 Å². The first-order valence-corrected chi connectivity index (χ1v) is 14.5. The number of nitrogens with zero attached hydrogens (tertiary/aromatic N) is 3. The molecule has 4 aliphatic heterocycles. The summed E-state index contributed by atoms with van der Waals surface area (Å²) in [4.78, 5) is 38.1. The van der Waals surface area contributed by atoms with Crippen LogP contribution in [0, 0.1) is 0 Å². The summed E-state index contributed by atoms with van der Waals surface area (Å²) in [5, 5.41) is 1.11. The first kappa shape index (κ1) is 24.5. The summed E-state index contributed by atoms with van der Waals surface area (Å²) in [6.07, 6.45) is 1.37. The Balaban J connectivity index is 1.14. The van der Waals surface area contributed by atoms with Crippen molar-refractivity contribution >= 4 is 22.7 Å². The quantitative estimate of drug-likeness (QED) is 0.409. The molecule has 5 heterocycles. The lowest BCUT2D eigenvalue weighted by Crippen LogP contribution is -2.65. The summed E-state index contributed by atoms with van der Waals surface area (Å²) in [5.41, 5.74) is 5.27. The van der Waals surface area contributed by atoms with Gasteiger partial charge >= 0.3 is 0 Å². The number of hydrogen-bond acceptors (Lipinski definition) is 5. The van der Waals surface area contributed by atoms with Crippen LogP contribution in [0.15, 0.2) is 72.8 Å². The smallest absolute Gasteiger partial charge is 0.246 e. The van der Waals surface area contributed by atoms with Crippen LogP contribution in [0.3, 0.4) is 0 Å². The van der Waals surface area contributed by atoms with Crippen LogP contribution in [0.5, 0.6) is 11.5 Å². The maximum Gasteiger partial charge on any atom is 0.246 e. The van der Waals surface area contributed by atoms with Gasteiger partial charge in [0.15, 0.2) is 11.5 Å². The van der Waals surface area contributed by atoms with Crippen molar-refractivity contribution in [2.75, 3.05) is 26.4 Å². The maximum absolute atomic E-state index is 14.3. The molecule has 2 saturated heterocycles. The predicted molar refractivity (Wildman–Crippen MR) is 154 cm³/mol. The molecular formula is C33H32N4O4. The molecule has 3 aromatic carbocycles. The first-order chi connectivity index (χ1) is 20.1. The Hall–Kier alpha value is -4.30. The molecule has 8 rings (SSSR count). The van der Waals surface area contributed by atoms with E-state index < -0.39 is 12.1 Å². The van der Waals surface area contributed by atoms with Gasteiger partial charge in [0.2, 0.25) is 18.6 Å². The largest absolute Gasteiger partial charge is 0.454 e. The number of carbonyl (C=O) groups is 2. The zero-order chi connectivity index (χ0) is 27.7. The zero-order valence-corrected chi connectivity index (χ0v) is 23.0. The molecule has 208 valence electrons. The number of fused-ring (bicyclic) bond motifs is 5. The minimum Gasteiger partial charge on any atom is -0.454 e. The van der Waals surface area contributed by atoms with Crippen LogP contribution < -0.4 is 9.47 Å². The highest BCUT2D eigenvalue weighted by Crippen LogP contribution is 2.45. The standard InChI is InChI=1S/C33H32N4O4/c1-20(21-7-3-2-4-8-21)35-14-13-23(17-35)36-18-30(38)37-27(33(36)39)16-25-24-9-5-6-10-26(24)34-31(25)32(37)22-11-12-28-29(15-22)41-19-40-28/h2-12,15,20,23,27,32,34H,13-14,16-19H2,1H3/t20-,23?,27-,32-/m1/s1. The molecule has 1 N–H and O–H groups in total. The number of amides is 2. The summed E-state index contributed by atoms with van der Waals surface area (Å²) in [6, 6.07) is 23.8. The van der Waals surface area contributed by atoms with Gasteiger partial charge in [0.25, 0.3) is 0 Å². The van der Waals surface area contributed by atoms with E-state index >= 15 is 0 Å². The summed E-state index contributed by atoms with van der Waals surface area (Å²) in [5.74, 6) is 1.39. The number of piperazine rings is 1. The Morgan fingerprint density at radius 2 is 1.76 bits per heavy atom. The number of aromatic nitrogens is 1. The van der Waals surface area contributed by atoms with E-state index in [2.05, 4.69) is 53.2 Å². The fraction of sp³-hybridized carbons (Fsp3) is 0.333. The molecule has 4 aromatic rings. The average molecular weight is 549 g/mol. The molecule has 0 radical (unpaired) electrons. The van der Waals surface area contributed by atoms with Crippen molar-refractivity contribution in [1.82, 2.24) is 19.7 Å². The molecule has 2 fully saturated rings. The molecule has 41 heavy (non-hydrogen) atoms. The molecule has 4 aliphatic rings. The van der Waals surface area contributed by atoms with Crippen LogP contribution in [0.4, 0.5) is 0 Å². The minimum atomic E-state index is -0.557. The summed E-state index contributed by atoms with van der Waals surface area (Å²) in [6.45, 7) is 4.18. The van der Waals surface area contributed by atoms with Crippen molar-refractivity contribution in [3.05, 3.63) is 95.2 Å². The van der Waals surface area contributed by atoms with Gasteiger partial charge in [0.1, 0.15) is 12.6 Å². The van der Waals surface area contributed by atoms with E-state index in [4.69, 9.17) is 9.47 Å². The minimum absolute atomic E-state index is 0.0175. The maximum atomic E-state index is 14.3. The van der Waals surface area contributed by atoms with Crippen LogP contribution in [0.1, 0.15) is 47.8 Å². The van der Waals surface area contributed by atoms with Crippen LogP contribution in [0.25, 0.3) is 10.9 Å². The molecule has 2 amide bonds. The van der Waals surface area contributed by atoms with E-state index in [9.17, 15) is 9.59 Å². The first-order valence-electron chi connectivity index (χ1n) is 14.5. The van der Waals surface area contributed by atoms with E-state index in [0.29, 0.717) is 17.9 Å². The summed E-state index contributed by atoms with van der Waals surface area (Å²) < 4.78 is 11.2. The van der Waals surface area contributed by atoms with Gasteiger partial charge in [-0.15, -0.1) is 0 Å². The van der Waals surface area contributed by atoms with Crippen LogP contribution in [-0.4, -0.2) is 70.0 Å². The molecule has 8 heteroatoms. The van der Waals surface area contributed by atoms with Gasteiger partial charge in [0.05, 0.1) is 6.04 Å². The SMILES string of the molecule is C[C@H](c1ccccc1)N1CCC(N2CC(=O)N3[C@H](c4ccc5c(c4)OCO5)c4[nH]c5ccccc5c4C[C@@H]3C2=O)C1. The van der Waals surface area contributed by atoms with Crippen molar-refractivity contribution in [3.8, 4) is 11.5 Å². The number of carbonyl (C=O) groups excluding carboxylic acids is 2. The fourth-order valence-corrected chi connectivity index (χ4v) is 7.34. The van der Waals surface area contributed by atoms with E-state index in [1.165, 1.54) is 5.56 Å². The molecule has 0 aliphatic carbocycles. The highest BCUT2D eigenvalue weighted by molar-refractivity contribution is 5.98. The molecule has 1 unspecified atom stereocenters. The van der Waals surface area contributed by atoms with Gasteiger partial charge in [0, 0.05) is 48.2 Å². The number of nitrogens with one attached hydrogen (secondary N) is 1. The van der Waals surface area contributed by atoms with Crippen molar-refractivity contribution < 1.29 is 19.1 Å². The third-order valence-electron chi connectivity index (χ3n) is 9.47. The topological polar surface area (TPSA) is 78.1 Å². The number of hydrogen-bond donors (Lipinski definition) is 1. The molecule has 0 spiro atoms. The number of benzene rings is 3. The van der Waals surface area contributed by atoms with Crippen molar-refractivity contribution in [3.63, 3.8) is 0 Å². The Bertz CT molecular complexity index is 1670. The lowest BCUT2D eigenvalue weighted by molar-refractivity contribution is -0.160. The van der Waals surface area contributed by atoms with E-state index in [1.54, 1.807) is 0 Å². The normalized spacial score (nSPS) is 24.6. The van der Waals surface area contributed by atoms with Gasteiger partial charge in [-0.2, -0.15) is 0 Å². The lowest BCUT2D eigenvalue weighted by Gasteiger charge is -2.48. The highest BCUT2D eigenvalue weighted by atomic mass is 16.7. The number of aromatic amines is 1. The number of ether oxygens (including phenoxy) is 2. The van der Waals surface area contributed by atoms with Crippen LogP contribution >= 0.6 is 0 Å². The molecule has 0 saturated carbocycles. The van der Waals surface area contributed by atoms with E-state index in [0.717, 1.165) is 47.2 Å². The number of rotatable bonds is 4. The average Bonchev–Trinajstić information content (AvgIpc) is 3.76. The Morgan fingerprint density at radius 1 is 0.951 bits per heavy atom. The zero-order valence-electron chi connectivity index (χ0n) is 23.0. The molecule has 0 bridgehead atoms. The molecule has 1 aromatic heterocycles. The predicted octanol–water partition coefficient (Wildman–Crippen LogP) is 4.42. The molecular weight excluding hydrogens is 516 g/mol. The molecule has 4 atom stereocenters. The van der Waals surface area contributed by atoms with E-state index in [1.807, 2.05) is 46.2 Å². The lowest BCUT2D eigenvalue weighted by atomic mass is 9.85. The van der Waals surface area contributed by atoms with Crippen molar-refractivity contribution in [1.29, 1.82) is 0 Å². The second-order valence-electron chi connectivity index (χ2n) is 11.6. The van der Waals surface area contributed by atoms with Gasteiger partial charge in [-0.3, -0.25) is 14.5 Å². The van der Waals surface area contributed by atoms with Crippen LogP contribution in [0.2, 0.25) is 0 Å².